The number of pyridine rings is 1. The van der Waals surface area contributed by atoms with Crippen LogP contribution in [0, 0.1) is 23.2 Å². The first kappa shape index (κ1) is 43.8. The van der Waals surface area contributed by atoms with Crippen LogP contribution in [0.3, 0.4) is 0 Å². The normalized spacial score (nSPS) is 15.7. The number of aromatic nitrogens is 1. The van der Waals surface area contributed by atoms with Crippen LogP contribution in [0.2, 0.25) is 0 Å². The molecule has 1 saturated heterocycles. The Labute approximate surface area is 317 Å². The minimum Gasteiger partial charge on any atom is -0.481 e. The molecule has 0 saturated carbocycles. The number of carbonyl (C=O) groups is 6. The molecule has 1 aromatic carbocycles. The summed E-state index contributed by atoms with van der Waals surface area (Å²) in [6.45, 7) is -0.788. The molecule has 2 heterocycles. The Kier molecular flexibility index (Phi) is 17.0. The topological polar surface area (TPSA) is 277 Å². The Morgan fingerprint density at radius 1 is 1.00 bits per heavy atom. The van der Waals surface area contributed by atoms with Crippen molar-refractivity contribution >= 4 is 57.8 Å². The number of para-hydroxylation sites is 1. The lowest BCUT2D eigenvalue weighted by molar-refractivity contribution is -0.142. The Bertz CT molecular complexity index is 1780. The number of likely N-dealkylation sites (tertiary alicyclic amines) is 1. The van der Waals surface area contributed by atoms with E-state index < -0.39 is 67.0 Å². The van der Waals surface area contributed by atoms with E-state index in [1.807, 2.05) is 0 Å². The minimum atomic E-state index is -3.20. The highest BCUT2D eigenvalue weighted by Crippen LogP contribution is 2.32. The van der Waals surface area contributed by atoms with Crippen molar-refractivity contribution in [3.8, 4) is 6.07 Å². The summed E-state index contributed by atoms with van der Waals surface area (Å²) in [6, 6.07) is 6.47. The number of nitrogens with two attached hydrogens (primary N) is 3. The molecule has 2 aromatic rings. The summed E-state index contributed by atoms with van der Waals surface area (Å²) >= 11 is 0. The van der Waals surface area contributed by atoms with Gasteiger partial charge in [0.25, 0.3) is 11.8 Å². The fourth-order valence-corrected chi connectivity index (χ4v) is 6.41. The van der Waals surface area contributed by atoms with Crippen molar-refractivity contribution in [2.75, 3.05) is 31.5 Å². The Morgan fingerprint density at radius 3 is 2.42 bits per heavy atom. The fourth-order valence-electron chi connectivity index (χ4n) is 6.41. The third-order valence-corrected chi connectivity index (χ3v) is 9.39. The molecule has 3 amide bonds. The first-order valence-electron chi connectivity index (χ1n) is 18.2. The molecule has 9 N–H and O–H groups in total. The summed E-state index contributed by atoms with van der Waals surface area (Å²) < 4.78 is 27.6. The zero-order chi connectivity index (χ0) is 40.5. The van der Waals surface area contributed by atoms with Crippen LogP contribution in [0.5, 0.6) is 0 Å². The van der Waals surface area contributed by atoms with Gasteiger partial charge in [-0.3, -0.25) is 38.7 Å². The molecule has 16 nitrogen and oxygen atoms in total. The molecule has 1 fully saturated rings. The first-order valence-corrected chi connectivity index (χ1v) is 18.2. The van der Waals surface area contributed by atoms with E-state index in [1.54, 1.807) is 24.3 Å². The van der Waals surface area contributed by atoms with Gasteiger partial charge in [0.15, 0.2) is 5.96 Å². The van der Waals surface area contributed by atoms with E-state index in [1.165, 1.54) is 12.3 Å². The molecule has 0 radical (unpaired) electrons. The summed E-state index contributed by atoms with van der Waals surface area (Å²) in [4.78, 5) is 85.3. The van der Waals surface area contributed by atoms with Gasteiger partial charge in [0, 0.05) is 56.1 Å². The highest BCUT2D eigenvalue weighted by Gasteiger charge is 2.47. The smallest absolute Gasteiger partial charge is 0.306 e. The first-order chi connectivity index (χ1) is 26.1. The van der Waals surface area contributed by atoms with Gasteiger partial charge in [-0.05, 0) is 57.2 Å². The standard InChI is InChI=1S/C37H49F2N9O7/c38-37(39)19-25(20-41)48(22-37)32(52)21-46-34(53)28-15-18-44-33-27(28)7-3-8-29(33)47-31(51)14-12-26(49)11-9-23(6-4-17-45-36(42)43)30(50)13-10-24(35(54)55)5-1-2-16-40/h3,7-8,15,18,23-25H,1-2,4-6,9-14,16-17,19,21-22,40H2,(H,46,53)(H,47,51)(H,54,55)(H4,42,43,45)/t23-,24-,25+/m1/s1. The second-order valence-corrected chi connectivity index (χ2v) is 13.6. The summed E-state index contributed by atoms with van der Waals surface area (Å²) in [6.07, 6.45) is 3.36. The SMILES string of the molecule is N#C[C@@H]1CC(F)(F)CN1C(=O)CNC(=O)c1ccnc2c(NC(=O)CCC(=O)CC[C@@H](CCCN=C(N)N)C(=O)CC[C@@H](CCCCN)C(=O)O)cccc12. The number of unbranched alkanes of at least 4 members (excludes halogenated alkanes) is 1. The van der Waals surface area contributed by atoms with Gasteiger partial charge in [-0.25, -0.2) is 8.78 Å². The molecule has 298 valence electrons. The number of Topliss-reactive ketones (excluding diaryl/α,β-unsaturated/α-hetero) is 2. The number of aliphatic carboxylic acids is 1. The van der Waals surface area contributed by atoms with Crippen molar-refractivity contribution in [1.29, 1.82) is 5.26 Å². The van der Waals surface area contributed by atoms with E-state index in [9.17, 15) is 42.7 Å². The molecule has 18 heteroatoms. The summed E-state index contributed by atoms with van der Waals surface area (Å²) in [5.74, 6) is -7.87. The highest BCUT2D eigenvalue weighted by molar-refractivity contribution is 6.10. The van der Waals surface area contributed by atoms with Crippen molar-refractivity contribution < 1.29 is 42.7 Å². The van der Waals surface area contributed by atoms with Crippen molar-refractivity contribution in [1.82, 2.24) is 15.2 Å². The number of carbonyl (C=O) groups excluding carboxylic acids is 5. The number of nitriles is 1. The number of anilines is 1. The van der Waals surface area contributed by atoms with Crippen LogP contribution < -0.4 is 27.8 Å². The van der Waals surface area contributed by atoms with Crippen LogP contribution in [0.15, 0.2) is 35.5 Å². The molecule has 1 aliphatic heterocycles. The van der Waals surface area contributed by atoms with Gasteiger partial charge in [0.1, 0.15) is 17.6 Å². The number of ketones is 2. The van der Waals surface area contributed by atoms with Gasteiger partial charge in [0.2, 0.25) is 11.8 Å². The third-order valence-electron chi connectivity index (χ3n) is 9.39. The molecule has 3 atom stereocenters. The van der Waals surface area contributed by atoms with Crippen LogP contribution >= 0.6 is 0 Å². The molecular formula is C37H49F2N9O7. The number of guanidine groups is 1. The van der Waals surface area contributed by atoms with Crippen molar-refractivity contribution in [2.45, 2.75) is 89.0 Å². The second kappa shape index (κ2) is 21.4. The number of benzene rings is 1. The van der Waals surface area contributed by atoms with Gasteiger partial charge in [-0.1, -0.05) is 18.6 Å². The van der Waals surface area contributed by atoms with Crippen LogP contribution in [0.25, 0.3) is 10.9 Å². The van der Waals surface area contributed by atoms with E-state index in [2.05, 4.69) is 20.6 Å². The lowest BCUT2D eigenvalue weighted by Crippen LogP contribution is -2.43. The molecule has 0 unspecified atom stereocenters. The predicted molar refractivity (Wildman–Crippen MR) is 199 cm³/mol. The van der Waals surface area contributed by atoms with E-state index in [0.29, 0.717) is 44.0 Å². The maximum atomic E-state index is 13.8. The average molecular weight is 770 g/mol. The van der Waals surface area contributed by atoms with Crippen LogP contribution in [-0.4, -0.2) is 94.4 Å². The maximum Gasteiger partial charge on any atom is 0.306 e. The number of carboxylic acids is 1. The molecule has 3 rings (SSSR count). The van der Waals surface area contributed by atoms with Crippen molar-refractivity contribution in [3.05, 3.63) is 36.0 Å². The van der Waals surface area contributed by atoms with Gasteiger partial charge < -0.3 is 37.8 Å². The van der Waals surface area contributed by atoms with Gasteiger partial charge in [-0.2, -0.15) is 5.26 Å². The van der Waals surface area contributed by atoms with Gasteiger partial charge >= 0.3 is 5.97 Å². The van der Waals surface area contributed by atoms with Crippen LogP contribution in [-0.2, 0) is 24.0 Å². The van der Waals surface area contributed by atoms with Gasteiger partial charge in [0.05, 0.1) is 41.8 Å². The minimum absolute atomic E-state index is 0.0268. The number of hydrogen-bond donors (Lipinski definition) is 6. The molecular weight excluding hydrogens is 720 g/mol. The maximum absolute atomic E-state index is 13.8. The summed E-state index contributed by atoms with van der Waals surface area (Å²) in [7, 11) is 0. The quantitative estimate of drug-likeness (QED) is 0.0541. The number of nitrogens with zero attached hydrogens (tertiary/aromatic N) is 4. The molecule has 1 aliphatic rings. The number of hydrogen-bond acceptors (Lipinski definition) is 10. The number of fused-ring (bicyclic) bond motifs is 1. The van der Waals surface area contributed by atoms with E-state index in [4.69, 9.17) is 22.5 Å². The van der Waals surface area contributed by atoms with E-state index >= 15 is 0 Å². The van der Waals surface area contributed by atoms with Crippen molar-refractivity contribution in [3.63, 3.8) is 0 Å². The van der Waals surface area contributed by atoms with E-state index in [-0.39, 0.29) is 79.4 Å². The highest BCUT2D eigenvalue weighted by atomic mass is 19.3. The molecule has 1 aromatic heterocycles. The molecule has 0 aliphatic carbocycles. The fraction of sp³-hybridized carbons (Fsp3) is 0.541. The number of aliphatic imine (C=N–C) groups is 1. The zero-order valence-corrected chi connectivity index (χ0v) is 30.6. The second-order valence-electron chi connectivity index (χ2n) is 13.6. The number of carboxylic acid groups (broad SMARTS) is 1. The lowest BCUT2D eigenvalue weighted by Gasteiger charge is -2.19. The summed E-state index contributed by atoms with van der Waals surface area (Å²) in [5, 5.41) is 24.2. The lowest BCUT2D eigenvalue weighted by atomic mass is 9.87. The molecule has 55 heavy (non-hydrogen) atoms. The number of halogens is 2. The summed E-state index contributed by atoms with van der Waals surface area (Å²) in [5.41, 5.74) is 16.9. The van der Waals surface area contributed by atoms with Gasteiger partial charge in [-0.15, -0.1) is 0 Å². The molecule has 0 bridgehead atoms. The Balaban J connectivity index is 1.56. The number of amides is 3. The third kappa shape index (κ3) is 14.0. The number of alkyl halides is 2. The predicted octanol–water partition coefficient (Wildman–Crippen LogP) is 2.64. The van der Waals surface area contributed by atoms with Crippen LogP contribution in [0.1, 0.15) is 87.4 Å². The number of nitrogens with one attached hydrogen (secondary N) is 2. The van der Waals surface area contributed by atoms with Crippen molar-refractivity contribution in [2.24, 2.45) is 34.0 Å². The van der Waals surface area contributed by atoms with E-state index in [0.717, 1.165) is 4.90 Å². The Hall–Kier alpha value is -5.57. The molecule has 0 spiro atoms. The average Bonchev–Trinajstić information content (AvgIpc) is 3.47. The largest absolute Gasteiger partial charge is 0.481 e. The van der Waals surface area contributed by atoms with Crippen LogP contribution in [0.4, 0.5) is 14.5 Å². The monoisotopic (exact) mass is 769 g/mol. The number of rotatable bonds is 23. The zero-order valence-electron chi connectivity index (χ0n) is 30.6. The Morgan fingerprint density at radius 2 is 1.73 bits per heavy atom.